The summed E-state index contributed by atoms with van der Waals surface area (Å²) in [5.74, 6) is 1.00. The Morgan fingerprint density at radius 3 is 2.00 bits per heavy atom. The van der Waals surface area contributed by atoms with Crippen molar-refractivity contribution in [3.8, 4) is 5.75 Å². The molecule has 0 fully saturated rings. The third-order valence-corrected chi connectivity index (χ3v) is 4.75. The molecule has 0 saturated heterocycles. The number of benzene rings is 3. The van der Waals surface area contributed by atoms with Crippen LogP contribution < -0.4 is 4.74 Å². The molecule has 0 spiro atoms. The van der Waals surface area contributed by atoms with Crippen LogP contribution in [0.4, 0.5) is 0 Å². The Bertz CT molecular complexity index is 1080. The zero-order valence-corrected chi connectivity index (χ0v) is 16.9. The Morgan fingerprint density at radius 2 is 1.41 bits per heavy atom. The van der Waals surface area contributed by atoms with E-state index in [1.54, 1.807) is 12.1 Å². The summed E-state index contributed by atoms with van der Waals surface area (Å²) in [4.78, 5) is 0.489. The van der Waals surface area contributed by atoms with Crippen molar-refractivity contribution in [2.24, 2.45) is 0 Å². The lowest BCUT2D eigenvalue weighted by Gasteiger charge is -2.17. The van der Waals surface area contributed by atoms with E-state index in [1.165, 1.54) is 0 Å². The summed E-state index contributed by atoms with van der Waals surface area (Å²) in [7, 11) is 0. The standard InChI is InChI=1S/C26H28ClNO/c1-28(2)19-20-29-24-15-13-23(14-16-24)26(22-11-7-4-8-12-22)25(17-18-27)21-9-5-3-6-10-21/h3-16H,17-20H2,1-2H3/b26-25+/i1D3,2D3. The van der Waals surface area contributed by atoms with Gasteiger partial charge in [-0.25, -0.2) is 0 Å². The number of ether oxygens (including phenoxy) is 1. The van der Waals surface area contributed by atoms with Gasteiger partial charge in [0.2, 0.25) is 0 Å². The van der Waals surface area contributed by atoms with Crippen LogP contribution in [-0.4, -0.2) is 37.9 Å². The van der Waals surface area contributed by atoms with Crippen LogP contribution in [0.3, 0.4) is 0 Å². The van der Waals surface area contributed by atoms with Crippen LogP contribution >= 0.6 is 11.6 Å². The second-order valence-electron chi connectivity index (χ2n) is 6.55. The fourth-order valence-electron chi connectivity index (χ4n) is 3.24. The summed E-state index contributed by atoms with van der Waals surface area (Å²) >= 11 is 6.20. The van der Waals surface area contributed by atoms with Gasteiger partial charge in [-0.1, -0.05) is 72.8 Å². The van der Waals surface area contributed by atoms with Crippen LogP contribution in [0.15, 0.2) is 84.9 Å². The van der Waals surface area contributed by atoms with E-state index in [0.717, 1.165) is 27.8 Å². The highest BCUT2D eigenvalue weighted by Gasteiger charge is 2.14. The van der Waals surface area contributed by atoms with Crippen molar-refractivity contribution in [2.75, 3.05) is 33.0 Å². The Morgan fingerprint density at radius 1 is 0.828 bits per heavy atom. The number of hydrogen-bond donors (Lipinski definition) is 0. The largest absolute Gasteiger partial charge is 0.492 e. The van der Waals surface area contributed by atoms with E-state index in [9.17, 15) is 0 Å². The quantitative estimate of drug-likeness (QED) is 0.306. The van der Waals surface area contributed by atoms with Crippen molar-refractivity contribution < 1.29 is 13.0 Å². The Labute approximate surface area is 187 Å². The van der Waals surface area contributed by atoms with Gasteiger partial charge in [0.15, 0.2) is 0 Å². The molecule has 0 aliphatic heterocycles. The van der Waals surface area contributed by atoms with E-state index < -0.39 is 14.0 Å². The topological polar surface area (TPSA) is 12.5 Å². The first-order chi connectivity index (χ1) is 16.6. The highest BCUT2D eigenvalue weighted by atomic mass is 35.5. The van der Waals surface area contributed by atoms with Crippen molar-refractivity contribution >= 4 is 22.7 Å². The smallest absolute Gasteiger partial charge is 0.119 e. The molecule has 0 aliphatic carbocycles. The van der Waals surface area contributed by atoms with Crippen molar-refractivity contribution in [1.82, 2.24) is 4.90 Å². The second kappa shape index (κ2) is 10.8. The average Bonchev–Trinajstić information content (AvgIpc) is 2.82. The fourth-order valence-corrected chi connectivity index (χ4v) is 3.43. The lowest BCUT2D eigenvalue weighted by Crippen LogP contribution is -2.19. The minimum Gasteiger partial charge on any atom is -0.492 e. The Hall–Kier alpha value is -2.55. The molecule has 0 atom stereocenters. The van der Waals surface area contributed by atoms with E-state index in [0.29, 0.717) is 23.0 Å². The van der Waals surface area contributed by atoms with E-state index in [1.807, 2.05) is 48.5 Å². The summed E-state index contributed by atoms with van der Waals surface area (Å²) < 4.78 is 50.4. The maximum atomic E-state index is 7.46. The predicted molar refractivity (Wildman–Crippen MR) is 125 cm³/mol. The van der Waals surface area contributed by atoms with E-state index in [2.05, 4.69) is 24.3 Å². The third kappa shape index (κ3) is 5.96. The van der Waals surface area contributed by atoms with Gasteiger partial charge in [-0.3, -0.25) is 0 Å². The molecule has 0 unspecified atom stereocenters. The molecule has 0 aromatic heterocycles. The molecular formula is C26H28ClNO. The lowest BCUT2D eigenvalue weighted by atomic mass is 9.88. The van der Waals surface area contributed by atoms with Gasteiger partial charge in [0.25, 0.3) is 0 Å². The third-order valence-electron chi connectivity index (χ3n) is 4.56. The zero-order valence-electron chi connectivity index (χ0n) is 22.1. The fraction of sp³-hybridized carbons (Fsp3) is 0.231. The van der Waals surface area contributed by atoms with Gasteiger partial charge >= 0.3 is 0 Å². The molecule has 3 rings (SSSR count). The Kier molecular flexibility index (Phi) is 5.40. The van der Waals surface area contributed by atoms with Crippen molar-refractivity contribution in [3.05, 3.63) is 102 Å². The molecule has 3 aromatic rings. The first-order valence-electron chi connectivity index (χ1n) is 12.5. The first-order valence-corrected chi connectivity index (χ1v) is 10.1. The summed E-state index contributed by atoms with van der Waals surface area (Å²) in [6.45, 7) is -5.79. The maximum absolute atomic E-state index is 7.46. The normalized spacial score (nSPS) is 15.9. The van der Waals surface area contributed by atoms with Gasteiger partial charge in [0.05, 0.1) is 0 Å². The lowest BCUT2D eigenvalue weighted by molar-refractivity contribution is 0.261. The summed E-state index contributed by atoms with van der Waals surface area (Å²) in [6.07, 6.45) is 0.689. The number of halogens is 1. The number of alkyl halides is 1. The number of allylic oxidation sites excluding steroid dienone is 1. The van der Waals surface area contributed by atoms with Gasteiger partial charge in [0, 0.05) is 20.6 Å². The summed E-state index contributed by atoms with van der Waals surface area (Å²) in [5, 5.41) is 0. The van der Waals surface area contributed by atoms with Crippen LogP contribution in [-0.2, 0) is 0 Å². The molecule has 0 bridgehead atoms. The molecular weight excluding hydrogens is 378 g/mol. The number of likely N-dealkylation sites (N-methyl/N-ethyl adjacent to an activating group) is 1. The highest BCUT2D eigenvalue weighted by Crippen LogP contribution is 2.35. The van der Waals surface area contributed by atoms with Crippen LogP contribution in [0.1, 0.15) is 31.3 Å². The second-order valence-corrected chi connectivity index (χ2v) is 6.93. The van der Waals surface area contributed by atoms with Crippen LogP contribution in [0, 0.1) is 0 Å². The van der Waals surface area contributed by atoms with Crippen molar-refractivity contribution in [3.63, 3.8) is 0 Å². The van der Waals surface area contributed by atoms with Gasteiger partial charge in [0.1, 0.15) is 12.4 Å². The van der Waals surface area contributed by atoms with E-state index in [4.69, 9.17) is 24.6 Å². The molecule has 0 aliphatic rings. The molecule has 3 aromatic carbocycles. The molecule has 150 valence electrons. The minimum absolute atomic E-state index is 0.0704. The molecule has 0 saturated carbocycles. The minimum atomic E-state index is -2.73. The summed E-state index contributed by atoms with van der Waals surface area (Å²) in [5.41, 5.74) is 5.35. The van der Waals surface area contributed by atoms with Crippen molar-refractivity contribution in [2.45, 2.75) is 6.42 Å². The number of rotatable bonds is 9. The van der Waals surface area contributed by atoms with E-state index in [-0.39, 0.29) is 13.2 Å². The van der Waals surface area contributed by atoms with E-state index >= 15 is 0 Å². The predicted octanol–water partition coefficient (Wildman–Crippen LogP) is 6.22. The van der Waals surface area contributed by atoms with Gasteiger partial charge in [-0.15, -0.1) is 11.6 Å². The average molecular weight is 412 g/mol. The Balaban J connectivity index is 1.89. The maximum Gasteiger partial charge on any atom is 0.119 e. The summed E-state index contributed by atoms with van der Waals surface area (Å²) in [6, 6.07) is 27.7. The number of hydrogen-bond acceptors (Lipinski definition) is 2. The van der Waals surface area contributed by atoms with Gasteiger partial charge < -0.3 is 9.64 Å². The van der Waals surface area contributed by atoms with Gasteiger partial charge in [-0.2, -0.15) is 0 Å². The SMILES string of the molecule is [2H]C([2H])([2H])N(CCOc1ccc(/C(=C(\CCCl)c2ccccc2)c2ccccc2)cc1)C([2H])([2H])[2H]. The van der Waals surface area contributed by atoms with Crippen LogP contribution in [0.5, 0.6) is 5.75 Å². The van der Waals surface area contributed by atoms with Crippen LogP contribution in [0.2, 0.25) is 0 Å². The molecule has 2 nitrogen and oxygen atoms in total. The monoisotopic (exact) mass is 411 g/mol. The first kappa shape index (κ1) is 14.4. The highest BCUT2D eigenvalue weighted by molar-refractivity contribution is 6.18. The molecule has 0 heterocycles. The molecule has 3 heteroatoms. The number of nitrogens with zero attached hydrogens (tertiary/aromatic N) is 1. The van der Waals surface area contributed by atoms with Crippen LogP contribution in [0.25, 0.3) is 11.1 Å². The molecule has 29 heavy (non-hydrogen) atoms. The molecule has 0 radical (unpaired) electrons. The van der Waals surface area contributed by atoms with Gasteiger partial charge in [-0.05, 0) is 60.3 Å². The molecule has 0 N–H and O–H groups in total. The zero-order chi connectivity index (χ0) is 25.5. The molecule has 0 amide bonds. The van der Waals surface area contributed by atoms with Crippen molar-refractivity contribution in [1.29, 1.82) is 0 Å².